The van der Waals surface area contributed by atoms with Crippen molar-refractivity contribution >= 4 is 43.6 Å². The minimum atomic E-state index is -4.85. The molecule has 0 N–H and O–H groups in total. The van der Waals surface area contributed by atoms with Crippen LogP contribution in [0.4, 0.5) is 13.2 Å². The molecular weight excluding hydrogens is 1080 g/mol. The Morgan fingerprint density at radius 1 is 0.267 bits per heavy atom. The first-order valence-corrected chi connectivity index (χ1v) is 25.9. The summed E-state index contributed by atoms with van der Waals surface area (Å²) in [7, 11) is 0. The van der Waals surface area contributed by atoms with Crippen molar-refractivity contribution in [2.45, 2.75) is 6.18 Å². The molecule has 0 spiro atoms. The van der Waals surface area contributed by atoms with Gasteiger partial charge in [-0.1, -0.05) is 30.3 Å². The molecule has 0 unspecified atom stereocenters. The van der Waals surface area contributed by atoms with Gasteiger partial charge >= 0.3 is 6.18 Å². The first kappa shape index (κ1) is 53.1. The lowest BCUT2D eigenvalue weighted by molar-refractivity contribution is -0.137. The Bertz CT molecular complexity index is 4800. The Morgan fingerprint density at radius 2 is 0.535 bits per heavy atom. The topological polar surface area (TPSA) is 248 Å². The van der Waals surface area contributed by atoms with E-state index in [1.54, 1.807) is 84.9 Å². The molecule has 2 aromatic heterocycles. The highest BCUT2D eigenvalue weighted by Crippen LogP contribution is 2.47. The minimum Gasteiger partial charge on any atom is -0.308 e. The van der Waals surface area contributed by atoms with Crippen LogP contribution in [0.2, 0.25) is 0 Å². The van der Waals surface area contributed by atoms with Gasteiger partial charge in [-0.05, 0) is 190 Å². The highest BCUT2D eigenvalue weighted by molar-refractivity contribution is 6.15. The van der Waals surface area contributed by atoms with Gasteiger partial charge in [0.2, 0.25) is 0 Å². The summed E-state index contributed by atoms with van der Waals surface area (Å²) in [6, 6.07) is 68.4. The van der Waals surface area contributed by atoms with E-state index in [2.05, 4.69) is 54.6 Å². The smallest absolute Gasteiger partial charge is 0.308 e. The first-order chi connectivity index (χ1) is 41.7. The predicted molar refractivity (Wildman–Crippen MR) is 314 cm³/mol. The SMILES string of the molecule is N#Cc1cc(C#N)cc(-c2ccc3c(c2)c2cc(-c4cc(C#N)cc(C#N)c4)ccc2n3-c2cc(C#N)cc(-n3c4ccc(-c5cc(C#N)cc(C#N)c5)cc4c4cc(-c5cc(C#N)cc(C#N)c5)ccc43)c2-c2ccc(C(F)(F)F)cc2C#N)c1. The molecule has 0 amide bonds. The highest BCUT2D eigenvalue weighted by atomic mass is 19.4. The van der Waals surface area contributed by atoms with Crippen molar-refractivity contribution < 1.29 is 13.2 Å². The molecule has 0 aliphatic carbocycles. The van der Waals surface area contributed by atoms with Crippen molar-refractivity contribution in [1.82, 2.24) is 9.13 Å². The molecule has 2 heterocycles. The molecule has 0 saturated carbocycles. The molecule has 10 aromatic carbocycles. The molecule has 0 aliphatic heterocycles. The molecule has 12 aromatic rings. The Morgan fingerprint density at radius 3 is 0.779 bits per heavy atom. The van der Waals surface area contributed by atoms with Crippen LogP contribution in [0, 0.1) is 113 Å². The molecule has 12 nitrogen and oxygen atoms in total. The number of aromatic nitrogens is 2. The average molecular weight is 1110 g/mol. The Hall–Kier alpha value is -13.5. The van der Waals surface area contributed by atoms with Gasteiger partial charge in [-0.3, -0.25) is 0 Å². The second-order valence-corrected chi connectivity index (χ2v) is 20.1. The number of halogens is 3. The maximum atomic E-state index is 14.7. The number of benzene rings is 10. The van der Waals surface area contributed by atoms with Crippen LogP contribution in [0.25, 0.3) is 111 Å². The quantitative estimate of drug-likeness (QED) is 0.146. The van der Waals surface area contributed by atoms with Gasteiger partial charge in [-0.2, -0.15) is 65.8 Å². The van der Waals surface area contributed by atoms with Crippen LogP contribution < -0.4 is 0 Å². The predicted octanol–water partition coefficient (Wildman–Crippen LogP) is 16.0. The van der Waals surface area contributed by atoms with Crippen molar-refractivity contribution in [3.8, 4) is 128 Å². The van der Waals surface area contributed by atoms with Crippen LogP contribution in [0.5, 0.6) is 0 Å². The standard InChI is InChI=1S/C71H29F3N12/c72-71(73,74)58-5-6-59(57(25-58)39-84)70-68(85-64-7-1-49(53-15-40(30-75)11-41(16-53)31-76)26-60(64)61-27-50(2-8-65(61)85)54-17-42(32-77)12-43(18-54)33-78)23-48(38-83)24-69(70)86-66-9-3-51(55-19-44(34-79)13-45(20-55)35-80)28-62(66)63-29-52(4-10-67(63)86)56-21-46(36-81)14-47(22-56)37-82/h1-29H. The highest BCUT2D eigenvalue weighted by Gasteiger charge is 2.33. The molecule has 15 heteroatoms. The summed E-state index contributed by atoms with van der Waals surface area (Å²) in [5, 5.41) is 105. The van der Waals surface area contributed by atoms with Crippen molar-refractivity contribution in [3.63, 3.8) is 0 Å². The van der Waals surface area contributed by atoms with Gasteiger partial charge in [-0.15, -0.1) is 0 Å². The zero-order valence-electron chi connectivity index (χ0n) is 44.2. The van der Waals surface area contributed by atoms with E-state index in [9.17, 15) is 65.8 Å². The number of alkyl halides is 3. The van der Waals surface area contributed by atoms with E-state index in [1.807, 2.05) is 63.7 Å². The molecule has 0 atom stereocenters. The molecular formula is C71H29F3N12. The molecule has 12 rings (SSSR count). The fourth-order valence-electron chi connectivity index (χ4n) is 11.3. The maximum absolute atomic E-state index is 14.7. The molecule has 0 fully saturated rings. The lowest BCUT2D eigenvalue weighted by Gasteiger charge is -2.22. The van der Waals surface area contributed by atoms with Crippen LogP contribution in [0.15, 0.2) is 176 Å². The zero-order valence-corrected chi connectivity index (χ0v) is 44.2. The van der Waals surface area contributed by atoms with Gasteiger partial charge in [0, 0.05) is 32.7 Å². The van der Waals surface area contributed by atoms with Crippen LogP contribution in [0.1, 0.15) is 61.2 Å². The summed E-state index contributed by atoms with van der Waals surface area (Å²) in [5.41, 5.74) is 8.01. The van der Waals surface area contributed by atoms with E-state index in [0.29, 0.717) is 88.1 Å². The summed E-state index contributed by atoms with van der Waals surface area (Å²) in [4.78, 5) is 0. The Labute approximate surface area is 487 Å². The third-order valence-corrected chi connectivity index (χ3v) is 15.1. The van der Waals surface area contributed by atoms with Gasteiger partial charge < -0.3 is 9.13 Å². The van der Waals surface area contributed by atoms with Crippen LogP contribution in [-0.2, 0) is 6.18 Å². The molecule has 0 radical (unpaired) electrons. The Kier molecular flexibility index (Phi) is 12.9. The van der Waals surface area contributed by atoms with Gasteiger partial charge in [0.1, 0.15) is 0 Å². The summed E-state index contributed by atoms with van der Waals surface area (Å²) >= 11 is 0. The Balaban J connectivity index is 1.23. The largest absolute Gasteiger partial charge is 0.416 e. The fraction of sp³-hybridized carbons (Fsp3) is 0.0141. The number of rotatable bonds is 7. The van der Waals surface area contributed by atoms with Crippen molar-refractivity contribution in [2.75, 3.05) is 0 Å². The van der Waals surface area contributed by atoms with Crippen molar-refractivity contribution in [2.24, 2.45) is 0 Å². The molecule has 86 heavy (non-hydrogen) atoms. The van der Waals surface area contributed by atoms with Gasteiger partial charge in [0.25, 0.3) is 0 Å². The number of nitriles is 10. The van der Waals surface area contributed by atoms with Gasteiger partial charge in [0.15, 0.2) is 0 Å². The lowest BCUT2D eigenvalue weighted by atomic mass is 9.93. The van der Waals surface area contributed by atoms with Crippen LogP contribution >= 0.6 is 0 Å². The lowest BCUT2D eigenvalue weighted by Crippen LogP contribution is -2.08. The normalized spacial score (nSPS) is 10.8. The summed E-state index contributed by atoms with van der Waals surface area (Å²) < 4.78 is 47.9. The summed E-state index contributed by atoms with van der Waals surface area (Å²) in [6.45, 7) is 0. The summed E-state index contributed by atoms with van der Waals surface area (Å²) in [5.74, 6) is 0. The number of hydrogen-bond acceptors (Lipinski definition) is 10. The summed E-state index contributed by atoms with van der Waals surface area (Å²) in [6.07, 6.45) is -4.85. The molecule has 394 valence electrons. The second kappa shape index (κ2) is 20.9. The van der Waals surface area contributed by atoms with Gasteiger partial charge in [-0.25, -0.2) is 0 Å². The molecule has 0 saturated heterocycles. The van der Waals surface area contributed by atoms with E-state index in [1.165, 1.54) is 30.3 Å². The number of nitrogens with zero attached hydrogens (tertiary/aromatic N) is 12. The third-order valence-electron chi connectivity index (χ3n) is 15.1. The van der Waals surface area contributed by atoms with E-state index in [4.69, 9.17) is 0 Å². The van der Waals surface area contributed by atoms with Crippen molar-refractivity contribution in [3.05, 3.63) is 237 Å². The van der Waals surface area contributed by atoms with Crippen molar-refractivity contribution in [1.29, 1.82) is 52.6 Å². The third kappa shape index (κ3) is 9.09. The number of hydrogen-bond donors (Lipinski definition) is 0. The minimum absolute atomic E-state index is 0.0610. The fourth-order valence-corrected chi connectivity index (χ4v) is 11.3. The van der Waals surface area contributed by atoms with Gasteiger partial charge in [0.05, 0.1) is 155 Å². The second-order valence-electron chi connectivity index (χ2n) is 20.1. The van der Waals surface area contributed by atoms with E-state index >= 15 is 0 Å². The zero-order chi connectivity index (χ0) is 60.1. The average Bonchev–Trinajstić information content (AvgIpc) is 1.56. The van der Waals surface area contributed by atoms with E-state index in [0.717, 1.165) is 12.1 Å². The van der Waals surface area contributed by atoms with E-state index in [-0.39, 0.29) is 78.1 Å². The maximum Gasteiger partial charge on any atom is 0.416 e. The first-order valence-electron chi connectivity index (χ1n) is 25.9. The number of fused-ring (bicyclic) bond motifs is 6. The van der Waals surface area contributed by atoms with E-state index < -0.39 is 11.7 Å². The molecule has 0 aliphatic rings. The molecule has 0 bridgehead atoms. The van der Waals surface area contributed by atoms with Crippen LogP contribution in [0.3, 0.4) is 0 Å². The monoisotopic (exact) mass is 1110 g/mol. The van der Waals surface area contributed by atoms with Crippen LogP contribution in [-0.4, -0.2) is 9.13 Å².